The average Bonchev–Trinajstić information content (AvgIpc) is 2.28. The highest BCUT2D eigenvalue weighted by molar-refractivity contribution is 9.10. The summed E-state index contributed by atoms with van der Waals surface area (Å²) in [6.07, 6.45) is -5.28. The van der Waals surface area contributed by atoms with Crippen LogP contribution in [0.1, 0.15) is 17.3 Å². The molecule has 0 spiro atoms. The predicted octanol–water partition coefficient (Wildman–Crippen LogP) is 4.12. The van der Waals surface area contributed by atoms with Crippen molar-refractivity contribution >= 4 is 38.9 Å². The normalized spacial score (nSPS) is 14.4. The molecule has 0 aliphatic heterocycles. The summed E-state index contributed by atoms with van der Waals surface area (Å²) in [4.78, 5) is 0.430. The van der Waals surface area contributed by atoms with Crippen LogP contribution in [0.5, 0.6) is 0 Å². The molecule has 1 aromatic rings. The van der Waals surface area contributed by atoms with E-state index in [9.17, 15) is 13.2 Å². The Morgan fingerprint density at radius 1 is 1.57 bits per heavy atom. The molecular formula is C7H6BrClF3NS. The molecule has 0 radical (unpaired) electrons. The van der Waals surface area contributed by atoms with Crippen LogP contribution in [0, 0.1) is 0 Å². The fourth-order valence-corrected chi connectivity index (χ4v) is 2.63. The smallest absolute Gasteiger partial charge is 0.323 e. The first-order valence-corrected chi connectivity index (χ1v) is 5.55. The SMILES string of the molecule is N[C@@H](CC(F)(F)F)c1cc(Br)c(Cl)s1. The van der Waals surface area contributed by atoms with Crippen LogP contribution < -0.4 is 5.73 Å². The molecule has 0 amide bonds. The van der Waals surface area contributed by atoms with E-state index in [1.54, 1.807) is 0 Å². The molecular weight excluding hydrogens is 303 g/mol. The van der Waals surface area contributed by atoms with Gasteiger partial charge in [-0.15, -0.1) is 11.3 Å². The van der Waals surface area contributed by atoms with Gasteiger partial charge in [0.1, 0.15) is 4.34 Å². The Morgan fingerprint density at radius 2 is 2.14 bits per heavy atom. The van der Waals surface area contributed by atoms with Gasteiger partial charge in [0, 0.05) is 15.4 Å². The summed E-state index contributed by atoms with van der Waals surface area (Å²) in [5.74, 6) is 0. The molecule has 1 heterocycles. The summed E-state index contributed by atoms with van der Waals surface area (Å²) < 4.78 is 36.9. The van der Waals surface area contributed by atoms with E-state index in [1.807, 2.05) is 0 Å². The fraction of sp³-hybridized carbons (Fsp3) is 0.429. The van der Waals surface area contributed by atoms with Crippen LogP contribution in [0.15, 0.2) is 10.5 Å². The van der Waals surface area contributed by atoms with Crippen LogP contribution in [0.4, 0.5) is 13.2 Å². The van der Waals surface area contributed by atoms with E-state index >= 15 is 0 Å². The fourth-order valence-electron chi connectivity index (χ4n) is 0.896. The van der Waals surface area contributed by atoms with Gasteiger partial charge in [-0.3, -0.25) is 0 Å². The van der Waals surface area contributed by atoms with Crippen molar-refractivity contribution < 1.29 is 13.2 Å². The molecule has 0 aromatic carbocycles. The Kier molecular flexibility index (Phi) is 3.85. The zero-order valence-corrected chi connectivity index (χ0v) is 9.90. The van der Waals surface area contributed by atoms with Crippen LogP contribution in [-0.2, 0) is 0 Å². The van der Waals surface area contributed by atoms with Gasteiger partial charge in [-0.1, -0.05) is 11.6 Å². The van der Waals surface area contributed by atoms with Gasteiger partial charge in [-0.2, -0.15) is 13.2 Å². The van der Waals surface area contributed by atoms with E-state index in [1.165, 1.54) is 6.07 Å². The van der Waals surface area contributed by atoms with Crippen LogP contribution in [0.3, 0.4) is 0 Å². The summed E-state index contributed by atoms with van der Waals surface area (Å²) in [7, 11) is 0. The molecule has 1 nitrogen and oxygen atoms in total. The van der Waals surface area contributed by atoms with Gasteiger partial charge in [0.25, 0.3) is 0 Å². The van der Waals surface area contributed by atoms with Crippen molar-refractivity contribution in [2.75, 3.05) is 0 Å². The van der Waals surface area contributed by atoms with Crippen molar-refractivity contribution in [1.82, 2.24) is 0 Å². The molecule has 2 N–H and O–H groups in total. The average molecular weight is 309 g/mol. The lowest BCUT2D eigenvalue weighted by Gasteiger charge is -2.11. The molecule has 0 unspecified atom stereocenters. The Bertz CT molecular complexity index is 306. The van der Waals surface area contributed by atoms with Crippen LogP contribution >= 0.6 is 38.9 Å². The molecule has 1 rings (SSSR count). The monoisotopic (exact) mass is 307 g/mol. The van der Waals surface area contributed by atoms with Gasteiger partial charge in [0.2, 0.25) is 0 Å². The minimum atomic E-state index is -4.25. The topological polar surface area (TPSA) is 26.0 Å². The standard InChI is InChI=1S/C7H6BrClF3NS/c8-3-1-5(14-6(3)9)4(13)2-7(10,11)12/h1,4H,2,13H2/t4-/m0/s1. The summed E-state index contributed by atoms with van der Waals surface area (Å²) in [6.45, 7) is 0. The van der Waals surface area contributed by atoms with Crippen molar-refractivity contribution in [3.63, 3.8) is 0 Å². The van der Waals surface area contributed by atoms with Crippen molar-refractivity contribution in [1.29, 1.82) is 0 Å². The number of hydrogen-bond donors (Lipinski definition) is 1. The molecule has 80 valence electrons. The van der Waals surface area contributed by atoms with E-state index < -0.39 is 18.6 Å². The second-order valence-electron chi connectivity index (χ2n) is 2.70. The molecule has 0 bridgehead atoms. The van der Waals surface area contributed by atoms with Crippen LogP contribution in [0.25, 0.3) is 0 Å². The molecule has 0 saturated heterocycles. The highest BCUT2D eigenvalue weighted by atomic mass is 79.9. The van der Waals surface area contributed by atoms with E-state index in [2.05, 4.69) is 15.9 Å². The van der Waals surface area contributed by atoms with E-state index in [-0.39, 0.29) is 0 Å². The Labute approximate surface area is 96.2 Å². The Balaban J connectivity index is 2.75. The number of alkyl halides is 3. The second kappa shape index (κ2) is 4.38. The van der Waals surface area contributed by atoms with Gasteiger partial charge < -0.3 is 5.73 Å². The maximum Gasteiger partial charge on any atom is 0.390 e. The summed E-state index contributed by atoms with van der Waals surface area (Å²) in [5, 5.41) is 0. The van der Waals surface area contributed by atoms with Crippen molar-refractivity contribution in [3.05, 3.63) is 19.8 Å². The zero-order chi connectivity index (χ0) is 10.9. The first kappa shape index (κ1) is 12.3. The van der Waals surface area contributed by atoms with Crippen LogP contribution in [-0.4, -0.2) is 6.18 Å². The first-order chi connectivity index (χ1) is 6.29. The predicted molar refractivity (Wildman–Crippen MR) is 54.6 cm³/mol. The van der Waals surface area contributed by atoms with E-state index in [0.717, 1.165) is 11.3 Å². The molecule has 0 saturated carbocycles. The number of hydrogen-bond acceptors (Lipinski definition) is 2. The number of nitrogens with two attached hydrogens (primary N) is 1. The number of thiophene rings is 1. The molecule has 0 fully saturated rings. The van der Waals surface area contributed by atoms with Crippen molar-refractivity contribution in [3.8, 4) is 0 Å². The van der Waals surface area contributed by atoms with E-state index in [0.29, 0.717) is 13.7 Å². The van der Waals surface area contributed by atoms with E-state index in [4.69, 9.17) is 17.3 Å². The van der Waals surface area contributed by atoms with Crippen molar-refractivity contribution in [2.24, 2.45) is 5.73 Å². The molecule has 7 heteroatoms. The maximum atomic E-state index is 12.0. The molecule has 1 aromatic heterocycles. The Morgan fingerprint density at radius 3 is 2.50 bits per heavy atom. The Hall–Kier alpha value is 0.220. The number of halogens is 5. The first-order valence-electron chi connectivity index (χ1n) is 3.56. The van der Waals surface area contributed by atoms with Gasteiger partial charge in [-0.25, -0.2) is 0 Å². The minimum absolute atomic E-state index is 0.414. The highest BCUT2D eigenvalue weighted by Gasteiger charge is 2.31. The molecule has 1 atom stereocenters. The molecule has 0 aliphatic carbocycles. The molecule has 14 heavy (non-hydrogen) atoms. The second-order valence-corrected chi connectivity index (χ2v) is 5.24. The lowest BCUT2D eigenvalue weighted by atomic mass is 10.2. The number of rotatable bonds is 2. The maximum absolute atomic E-state index is 12.0. The zero-order valence-electron chi connectivity index (χ0n) is 6.74. The van der Waals surface area contributed by atoms with Gasteiger partial charge in [0.05, 0.1) is 6.42 Å². The molecule has 0 aliphatic rings. The quantitative estimate of drug-likeness (QED) is 0.874. The summed E-state index contributed by atoms with van der Waals surface area (Å²) in [6, 6.07) is 0.479. The third-order valence-electron chi connectivity index (χ3n) is 1.48. The van der Waals surface area contributed by atoms with Gasteiger partial charge >= 0.3 is 6.18 Å². The van der Waals surface area contributed by atoms with Crippen molar-refractivity contribution in [2.45, 2.75) is 18.6 Å². The van der Waals surface area contributed by atoms with Crippen LogP contribution in [0.2, 0.25) is 4.34 Å². The summed E-state index contributed by atoms with van der Waals surface area (Å²) >= 11 is 9.84. The lowest BCUT2D eigenvalue weighted by Crippen LogP contribution is -2.19. The minimum Gasteiger partial charge on any atom is -0.323 e. The van der Waals surface area contributed by atoms with Gasteiger partial charge in [0.15, 0.2) is 0 Å². The highest BCUT2D eigenvalue weighted by Crippen LogP contribution is 2.37. The summed E-state index contributed by atoms with van der Waals surface area (Å²) in [5.41, 5.74) is 5.37. The largest absolute Gasteiger partial charge is 0.390 e. The lowest BCUT2D eigenvalue weighted by molar-refractivity contribution is -0.138. The third kappa shape index (κ3) is 3.42. The third-order valence-corrected chi connectivity index (χ3v) is 4.09. The van der Waals surface area contributed by atoms with Gasteiger partial charge in [-0.05, 0) is 22.0 Å².